The van der Waals surface area contributed by atoms with Crippen LogP contribution in [0.5, 0.6) is 0 Å². The fourth-order valence-electron chi connectivity index (χ4n) is 0.561. The van der Waals surface area contributed by atoms with Crippen LogP contribution >= 0.6 is 0 Å². The number of rotatable bonds is 3. The molecule has 0 spiro atoms. The summed E-state index contributed by atoms with van der Waals surface area (Å²) in [6, 6.07) is -1.45. The highest BCUT2D eigenvalue weighted by atomic mass is 19.4. The van der Waals surface area contributed by atoms with Gasteiger partial charge in [-0.1, -0.05) is 13.3 Å². The first-order valence-electron chi connectivity index (χ1n) is 3.05. The van der Waals surface area contributed by atoms with Gasteiger partial charge in [0.05, 0.1) is 6.04 Å². The number of hydrogen-bond acceptors (Lipinski definition) is 2. The van der Waals surface area contributed by atoms with Gasteiger partial charge in [0.15, 0.2) is 0 Å². The van der Waals surface area contributed by atoms with Crippen LogP contribution in [0.2, 0.25) is 0 Å². The number of halogens is 3. The molecule has 0 aromatic heterocycles. The molecule has 0 rings (SSSR count). The van der Waals surface area contributed by atoms with E-state index in [0.717, 1.165) is 0 Å². The van der Waals surface area contributed by atoms with Gasteiger partial charge in [-0.3, -0.25) is 4.79 Å². The van der Waals surface area contributed by atoms with E-state index in [1.54, 1.807) is 0 Å². The molecule has 0 aromatic carbocycles. The van der Waals surface area contributed by atoms with E-state index >= 15 is 0 Å². The van der Waals surface area contributed by atoms with Crippen LogP contribution in [0.1, 0.15) is 12.8 Å². The molecule has 0 fully saturated rings. The molecule has 2 nitrogen and oxygen atoms in total. The smallest absolute Gasteiger partial charge is 0.321 e. The Bertz CT molecular complexity index is 143. The van der Waals surface area contributed by atoms with Gasteiger partial charge < -0.3 is 5.73 Å². The molecule has 0 aliphatic rings. The number of Topliss-reactive ketones (excluding diaryl/α,β-unsaturated/α-hetero) is 1. The van der Waals surface area contributed by atoms with Crippen molar-refractivity contribution in [2.75, 3.05) is 0 Å². The maximum Gasteiger partial charge on any atom is 0.451 e. The van der Waals surface area contributed by atoms with Crippen LogP contribution in [0.3, 0.4) is 0 Å². The van der Waals surface area contributed by atoms with Gasteiger partial charge in [0.1, 0.15) is 0 Å². The molecule has 0 saturated heterocycles. The van der Waals surface area contributed by atoms with E-state index < -0.39 is 18.0 Å². The molecule has 0 aliphatic heterocycles. The topological polar surface area (TPSA) is 43.1 Å². The summed E-state index contributed by atoms with van der Waals surface area (Å²) >= 11 is 0. The van der Waals surface area contributed by atoms with Gasteiger partial charge in [0, 0.05) is 0 Å². The first-order chi connectivity index (χ1) is 4.89. The van der Waals surface area contributed by atoms with Crippen molar-refractivity contribution in [2.45, 2.75) is 25.1 Å². The van der Waals surface area contributed by atoms with Crippen LogP contribution in [0.25, 0.3) is 0 Å². The maximum atomic E-state index is 11.6. The Hall–Kier alpha value is -0.580. The molecular formula is C6H9F3NO. The highest BCUT2D eigenvalue weighted by Gasteiger charge is 2.41. The standard InChI is InChI=1S/C6H9F3NO/c1-2-3-4(10)5(11)6(7,8)9/h4H,1-3,10H2. The maximum absolute atomic E-state index is 11.6. The Morgan fingerprint density at radius 2 is 2.00 bits per heavy atom. The van der Waals surface area contributed by atoms with Crippen molar-refractivity contribution in [1.82, 2.24) is 0 Å². The molecule has 1 atom stereocenters. The van der Waals surface area contributed by atoms with Crippen molar-refractivity contribution in [2.24, 2.45) is 5.73 Å². The second kappa shape index (κ2) is 3.71. The van der Waals surface area contributed by atoms with Crippen molar-refractivity contribution < 1.29 is 18.0 Å². The molecule has 0 amide bonds. The van der Waals surface area contributed by atoms with Crippen molar-refractivity contribution in [3.63, 3.8) is 0 Å². The first-order valence-corrected chi connectivity index (χ1v) is 3.05. The van der Waals surface area contributed by atoms with Gasteiger partial charge in [-0.2, -0.15) is 13.2 Å². The van der Waals surface area contributed by atoms with Gasteiger partial charge in [0.2, 0.25) is 0 Å². The lowest BCUT2D eigenvalue weighted by Gasteiger charge is -2.10. The van der Waals surface area contributed by atoms with Gasteiger partial charge in [-0.25, -0.2) is 0 Å². The number of carbonyl (C=O) groups is 1. The van der Waals surface area contributed by atoms with E-state index in [0.29, 0.717) is 0 Å². The molecule has 0 aliphatic carbocycles. The minimum absolute atomic E-state index is 0.0294. The van der Waals surface area contributed by atoms with Gasteiger partial charge in [0.25, 0.3) is 5.78 Å². The molecule has 0 heterocycles. The lowest BCUT2D eigenvalue weighted by atomic mass is 10.1. The molecule has 65 valence electrons. The first kappa shape index (κ1) is 10.4. The Kier molecular flexibility index (Phi) is 3.51. The highest BCUT2D eigenvalue weighted by molar-refractivity contribution is 5.88. The monoisotopic (exact) mass is 168 g/mol. The minimum atomic E-state index is -4.81. The Morgan fingerprint density at radius 1 is 1.55 bits per heavy atom. The third kappa shape index (κ3) is 3.36. The summed E-state index contributed by atoms with van der Waals surface area (Å²) in [5.41, 5.74) is 4.90. The highest BCUT2D eigenvalue weighted by Crippen LogP contribution is 2.18. The van der Waals surface area contributed by atoms with Crippen LogP contribution < -0.4 is 5.73 Å². The van der Waals surface area contributed by atoms with Crippen molar-refractivity contribution in [3.8, 4) is 0 Å². The normalized spacial score (nSPS) is 14.6. The third-order valence-corrected chi connectivity index (χ3v) is 1.13. The molecule has 1 radical (unpaired) electrons. The molecule has 0 bridgehead atoms. The van der Waals surface area contributed by atoms with E-state index in [9.17, 15) is 18.0 Å². The van der Waals surface area contributed by atoms with E-state index in [1.807, 2.05) is 0 Å². The van der Waals surface area contributed by atoms with Crippen molar-refractivity contribution in [1.29, 1.82) is 0 Å². The number of alkyl halides is 3. The summed E-state index contributed by atoms with van der Waals surface area (Å²) in [5.74, 6) is -1.87. The van der Waals surface area contributed by atoms with E-state index in [2.05, 4.69) is 6.92 Å². The molecule has 11 heavy (non-hydrogen) atoms. The lowest BCUT2D eigenvalue weighted by molar-refractivity contribution is -0.172. The molecule has 5 heteroatoms. The fourth-order valence-corrected chi connectivity index (χ4v) is 0.561. The molecule has 2 N–H and O–H groups in total. The molecule has 0 aromatic rings. The second-order valence-corrected chi connectivity index (χ2v) is 2.11. The molecular weight excluding hydrogens is 159 g/mol. The van der Waals surface area contributed by atoms with E-state index in [-0.39, 0.29) is 12.8 Å². The summed E-state index contributed by atoms with van der Waals surface area (Å²) in [4.78, 5) is 10.3. The fraction of sp³-hybridized carbons (Fsp3) is 0.667. The van der Waals surface area contributed by atoms with Crippen LogP contribution in [-0.4, -0.2) is 18.0 Å². The number of ketones is 1. The van der Waals surface area contributed by atoms with Crippen LogP contribution in [0, 0.1) is 6.92 Å². The lowest BCUT2D eigenvalue weighted by Crippen LogP contribution is -2.40. The van der Waals surface area contributed by atoms with Crippen LogP contribution in [0.4, 0.5) is 13.2 Å². The van der Waals surface area contributed by atoms with Crippen LogP contribution in [-0.2, 0) is 4.79 Å². The quantitative estimate of drug-likeness (QED) is 0.684. The average Bonchev–Trinajstić information content (AvgIpc) is 1.85. The SMILES string of the molecule is [CH2]CCC(N)C(=O)C(F)(F)F. The molecule has 0 saturated carbocycles. The minimum Gasteiger partial charge on any atom is -0.321 e. The predicted molar refractivity (Wildman–Crippen MR) is 33.6 cm³/mol. The zero-order valence-electron chi connectivity index (χ0n) is 5.82. The summed E-state index contributed by atoms with van der Waals surface area (Å²) in [6.07, 6.45) is -4.62. The summed E-state index contributed by atoms with van der Waals surface area (Å²) in [6.45, 7) is 3.29. The van der Waals surface area contributed by atoms with E-state index in [4.69, 9.17) is 5.73 Å². The largest absolute Gasteiger partial charge is 0.451 e. The third-order valence-electron chi connectivity index (χ3n) is 1.13. The summed E-state index contributed by atoms with van der Waals surface area (Å²) in [5, 5.41) is 0. The Labute approximate surface area is 62.6 Å². The summed E-state index contributed by atoms with van der Waals surface area (Å²) < 4.78 is 34.7. The molecule has 1 unspecified atom stereocenters. The Balaban J connectivity index is 4.03. The predicted octanol–water partition coefficient (Wildman–Crippen LogP) is 1.06. The zero-order chi connectivity index (χ0) is 9.07. The van der Waals surface area contributed by atoms with Gasteiger partial charge >= 0.3 is 6.18 Å². The number of nitrogens with two attached hydrogens (primary N) is 1. The number of hydrogen-bond donors (Lipinski definition) is 1. The van der Waals surface area contributed by atoms with Crippen molar-refractivity contribution >= 4 is 5.78 Å². The number of carbonyl (C=O) groups excluding carboxylic acids is 1. The van der Waals surface area contributed by atoms with Gasteiger partial charge in [-0.05, 0) is 6.42 Å². The van der Waals surface area contributed by atoms with Crippen molar-refractivity contribution in [3.05, 3.63) is 6.92 Å². The second-order valence-electron chi connectivity index (χ2n) is 2.11. The average molecular weight is 168 g/mol. The van der Waals surface area contributed by atoms with Crippen LogP contribution in [0.15, 0.2) is 0 Å². The summed E-state index contributed by atoms with van der Waals surface area (Å²) in [7, 11) is 0. The Morgan fingerprint density at radius 3 is 2.27 bits per heavy atom. The van der Waals surface area contributed by atoms with E-state index in [1.165, 1.54) is 0 Å². The zero-order valence-corrected chi connectivity index (χ0v) is 5.82. The van der Waals surface area contributed by atoms with Gasteiger partial charge in [-0.15, -0.1) is 0 Å².